The molecule has 0 spiro atoms. The molecule has 0 aliphatic carbocycles. The molecule has 24 heavy (non-hydrogen) atoms. The van der Waals surface area contributed by atoms with E-state index in [9.17, 15) is 14.7 Å². The fourth-order valence-corrected chi connectivity index (χ4v) is 2.94. The molecule has 0 unspecified atom stereocenters. The number of hydrogen-bond donors (Lipinski definition) is 1. The molecule has 2 heterocycles. The van der Waals surface area contributed by atoms with Crippen LogP contribution in [-0.4, -0.2) is 34.8 Å². The van der Waals surface area contributed by atoms with Crippen molar-refractivity contribution in [1.29, 1.82) is 0 Å². The summed E-state index contributed by atoms with van der Waals surface area (Å²) in [5.41, 5.74) is 1.17. The number of rotatable bonds is 0. The van der Waals surface area contributed by atoms with Gasteiger partial charge in [-0.25, -0.2) is 9.59 Å². The minimum Gasteiger partial charge on any atom is -0.507 e. The van der Waals surface area contributed by atoms with Crippen LogP contribution in [0.1, 0.15) is 31.9 Å². The molecule has 0 saturated carbocycles. The first-order chi connectivity index (χ1) is 11.2. The van der Waals surface area contributed by atoms with E-state index in [1.807, 2.05) is 26.8 Å². The second kappa shape index (κ2) is 5.85. The molecule has 128 valence electrons. The van der Waals surface area contributed by atoms with E-state index in [2.05, 4.69) is 0 Å². The number of hydrogen-bond acceptors (Lipinski definition) is 5. The second-order valence-electron chi connectivity index (χ2n) is 7.00. The van der Waals surface area contributed by atoms with Crippen LogP contribution in [0.15, 0.2) is 27.4 Å². The minimum atomic E-state index is -0.582. The lowest BCUT2D eigenvalue weighted by atomic mass is 10.00. The number of benzene rings is 1. The maximum atomic E-state index is 12.3. The van der Waals surface area contributed by atoms with Gasteiger partial charge in [-0.05, 0) is 45.2 Å². The highest BCUT2D eigenvalue weighted by atomic mass is 16.6. The van der Waals surface area contributed by atoms with Crippen LogP contribution in [-0.2, 0) is 17.6 Å². The van der Waals surface area contributed by atoms with E-state index < -0.39 is 11.2 Å². The van der Waals surface area contributed by atoms with Crippen LogP contribution in [0, 0.1) is 0 Å². The summed E-state index contributed by atoms with van der Waals surface area (Å²) in [7, 11) is 0. The van der Waals surface area contributed by atoms with Gasteiger partial charge in [-0.2, -0.15) is 0 Å². The Hall–Kier alpha value is -2.50. The van der Waals surface area contributed by atoms with Gasteiger partial charge in [0.1, 0.15) is 16.9 Å². The molecular formula is C18H21NO5. The Labute approximate surface area is 139 Å². The summed E-state index contributed by atoms with van der Waals surface area (Å²) < 4.78 is 10.8. The van der Waals surface area contributed by atoms with E-state index in [4.69, 9.17) is 9.15 Å². The standard InChI is InChI=1S/C18H21NO5/c1-18(2,3)24-17(22)19-8-6-11-4-5-13-14(20)10-15(21)23-16(13)12(11)7-9-19/h4-5,10,20H,6-9H2,1-3H3. The van der Waals surface area contributed by atoms with E-state index in [-0.39, 0.29) is 11.8 Å². The average molecular weight is 331 g/mol. The van der Waals surface area contributed by atoms with Crippen molar-refractivity contribution in [3.05, 3.63) is 39.7 Å². The van der Waals surface area contributed by atoms with Crippen LogP contribution in [0.2, 0.25) is 0 Å². The molecular weight excluding hydrogens is 310 g/mol. The van der Waals surface area contributed by atoms with Crippen molar-refractivity contribution in [2.45, 2.75) is 39.2 Å². The smallest absolute Gasteiger partial charge is 0.410 e. The van der Waals surface area contributed by atoms with Crippen LogP contribution < -0.4 is 5.63 Å². The van der Waals surface area contributed by atoms with Crippen molar-refractivity contribution in [2.75, 3.05) is 13.1 Å². The van der Waals surface area contributed by atoms with Gasteiger partial charge in [-0.1, -0.05) is 6.07 Å². The first-order valence-corrected chi connectivity index (χ1v) is 8.00. The number of aromatic hydroxyl groups is 1. The minimum absolute atomic E-state index is 0.0858. The number of fused-ring (bicyclic) bond motifs is 3. The third kappa shape index (κ3) is 3.22. The van der Waals surface area contributed by atoms with Gasteiger partial charge in [0.2, 0.25) is 0 Å². The molecule has 0 radical (unpaired) electrons. The Bertz CT molecular complexity index is 847. The Morgan fingerprint density at radius 3 is 2.67 bits per heavy atom. The highest BCUT2D eigenvalue weighted by molar-refractivity contribution is 5.86. The average Bonchev–Trinajstić information content (AvgIpc) is 2.67. The van der Waals surface area contributed by atoms with Crippen LogP contribution in [0.25, 0.3) is 11.0 Å². The molecule has 1 aliphatic rings. The predicted molar refractivity (Wildman–Crippen MR) is 89.4 cm³/mol. The van der Waals surface area contributed by atoms with Gasteiger partial charge in [-0.3, -0.25) is 0 Å². The highest BCUT2D eigenvalue weighted by Crippen LogP contribution is 2.30. The third-order valence-electron chi connectivity index (χ3n) is 4.03. The van der Waals surface area contributed by atoms with Gasteiger partial charge in [0.05, 0.1) is 11.5 Å². The molecule has 0 fully saturated rings. The van der Waals surface area contributed by atoms with E-state index >= 15 is 0 Å². The molecule has 1 aromatic carbocycles. The van der Waals surface area contributed by atoms with Gasteiger partial charge in [0, 0.05) is 18.7 Å². The SMILES string of the molecule is CC(C)(C)OC(=O)N1CCc2ccc3c(O)cc(=O)oc3c2CC1. The zero-order valence-electron chi connectivity index (χ0n) is 14.1. The van der Waals surface area contributed by atoms with Gasteiger partial charge in [0.25, 0.3) is 0 Å². The molecule has 1 aliphatic heterocycles. The zero-order chi connectivity index (χ0) is 17.5. The number of ether oxygens (including phenoxy) is 1. The van der Waals surface area contributed by atoms with E-state index in [0.717, 1.165) is 17.2 Å². The summed E-state index contributed by atoms with van der Waals surface area (Å²) in [4.78, 5) is 25.5. The first-order valence-electron chi connectivity index (χ1n) is 8.00. The molecule has 0 bridgehead atoms. The highest BCUT2D eigenvalue weighted by Gasteiger charge is 2.25. The second-order valence-corrected chi connectivity index (χ2v) is 7.00. The summed E-state index contributed by atoms with van der Waals surface area (Å²) in [6, 6.07) is 4.73. The molecule has 3 rings (SSSR count). The summed E-state index contributed by atoms with van der Waals surface area (Å²) >= 11 is 0. The first kappa shape index (κ1) is 16.4. The molecule has 1 amide bonds. The third-order valence-corrected chi connectivity index (χ3v) is 4.03. The van der Waals surface area contributed by atoms with Gasteiger partial charge in [0.15, 0.2) is 0 Å². The van der Waals surface area contributed by atoms with Crippen molar-refractivity contribution in [3.63, 3.8) is 0 Å². The van der Waals surface area contributed by atoms with Crippen molar-refractivity contribution in [2.24, 2.45) is 0 Å². The Balaban J connectivity index is 1.92. The summed E-state index contributed by atoms with van der Waals surface area (Å²) in [5, 5.41) is 10.5. The molecule has 6 nitrogen and oxygen atoms in total. The lowest BCUT2D eigenvalue weighted by Crippen LogP contribution is -2.38. The monoisotopic (exact) mass is 331 g/mol. The lowest BCUT2D eigenvalue weighted by molar-refractivity contribution is 0.0258. The molecule has 1 N–H and O–H groups in total. The lowest BCUT2D eigenvalue weighted by Gasteiger charge is -2.26. The van der Waals surface area contributed by atoms with Crippen LogP contribution >= 0.6 is 0 Å². The maximum absolute atomic E-state index is 12.3. The topological polar surface area (TPSA) is 80.0 Å². The fourth-order valence-electron chi connectivity index (χ4n) is 2.94. The fraction of sp³-hybridized carbons (Fsp3) is 0.444. The van der Waals surface area contributed by atoms with Gasteiger partial charge < -0.3 is 19.2 Å². The molecule has 0 saturated heterocycles. The summed E-state index contributed by atoms with van der Waals surface area (Å²) in [6.07, 6.45) is 0.839. The van der Waals surface area contributed by atoms with Crippen LogP contribution in [0.4, 0.5) is 4.79 Å². The number of carbonyl (C=O) groups is 1. The quantitative estimate of drug-likeness (QED) is 0.751. The van der Waals surface area contributed by atoms with Crippen LogP contribution in [0.3, 0.4) is 0 Å². The number of carbonyl (C=O) groups excluding carboxylic acids is 1. The van der Waals surface area contributed by atoms with Crippen molar-refractivity contribution < 1.29 is 19.1 Å². The van der Waals surface area contributed by atoms with Crippen molar-refractivity contribution in [1.82, 2.24) is 4.90 Å². The van der Waals surface area contributed by atoms with Crippen LogP contribution in [0.5, 0.6) is 5.75 Å². The van der Waals surface area contributed by atoms with E-state index in [0.29, 0.717) is 36.9 Å². The van der Waals surface area contributed by atoms with Gasteiger partial charge >= 0.3 is 11.7 Å². The van der Waals surface area contributed by atoms with E-state index in [1.165, 1.54) is 0 Å². The molecule has 6 heteroatoms. The van der Waals surface area contributed by atoms with Crippen molar-refractivity contribution >= 4 is 17.1 Å². The molecule has 2 aromatic rings. The largest absolute Gasteiger partial charge is 0.507 e. The molecule has 1 aromatic heterocycles. The predicted octanol–water partition coefficient (Wildman–Crippen LogP) is 2.83. The Kier molecular flexibility index (Phi) is 3.99. The Morgan fingerprint density at radius 2 is 1.96 bits per heavy atom. The van der Waals surface area contributed by atoms with E-state index in [1.54, 1.807) is 11.0 Å². The zero-order valence-corrected chi connectivity index (χ0v) is 14.1. The van der Waals surface area contributed by atoms with Crippen molar-refractivity contribution in [3.8, 4) is 5.75 Å². The maximum Gasteiger partial charge on any atom is 0.410 e. The normalized spacial score (nSPS) is 15.0. The summed E-state index contributed by atoms with van der Waals surface area (Å²) in [5.74, 6) is -0.0858. The Morgan fingerprint density at radius 1 is 1.25 bits per heavy atom. The van der Waals surface area contributed by atoms with Gasteiger partial charge in [-0.15, -0.1) is 0 Å². The summed E-state index contributed by atoms with van der Waals surface area (Å²) in [6.45, 7) is 6.52. The number of nitrogens with zero attached hydrogens (tertiary/aromatic N) is 1. The number of amides is 1. The molecule has 0 atom stereocenters.